The van der Waals surface area contributed by atoms with Gasteiger partial charge in [0.25, 0.3) is 15.0 Å². The van der Waals surface area contributed by atoms with Gasteiger partial charge in [0, 0.05) is 30.0 Å². The van der Waals surface area contributed by atoms with E-state index in [-0.39, 0.29) is 10.8 Å². The molecule has 0 atom stereocenters. The van der Waals surface area contributed by atoms with Crippen LogP contribution in [-0.2, 0) is 15.6 Å². The molecular weight excluding hydrogens is 288 g/mol. The van der Waals surface area contributed by atoms with Crippen LogP contribution in [-0.4, -0.2) is 25.4 Å². The molecule has 0 spiro atoms. The zero-order chi connectivity index (χ0) is 14.6. The van der Waals surface area contributed by atoms with Gasteiger partial charge in [0.05, 0.1) is 0 Å². The molecule has 0 aliphatic heterocycles. The summed E-state index contributed by atoms with van der Waals surface area (Å²) in [7, 11) is 1.49. The van der Waals surface area contributed by atoms with Crippen molar-refractivity contribution in [1.82, 2.24) is 9.88 Å². The Morgan fingerprint density at radius 3 is 2.58 bits per heavy atom. The first-order chi connectivity index (χ1) is 8.75. The molecule has 1 aromatic heterocycles. The summed E-state index contributed by atoms with van der Waals surface area (Å²) in [6.45, 7) is 7.03. The molecule has 1 N–H and O–H groups in total. The predicted molar refractivity (Wildman–Crippen MR) is 74.9 cm³/mol. The molecule has 108 valence electrons. The van der Waals surface area contributed by atoms with Gasteiger partial charge in [-0.15, -0.1) is 0 Å². The van der Waals surface area contributed by atoms with E-state index in [1.165, 1.54) is 12.3 Å². The van der Waals surface area contributed by atoms with Crippen LogP contribution in [0, 0.1) is 5.92 Å². The first kappa shape index (κ1) is 16.0. The first-order valence-corrected chi connectivity index (χ1v) is 8.49. The monoisotopic (exact) mass is 306 g/mol. The Hall–Kier alpha value is -1.01. The number of aromatic nitrogens is 1. The van der Waals surface area contributed by atoms with Crippen LogP contribution < -0.4 is 5.32 Å². The highest BCUT2D eigenvalue weighted by Gasteiger charge is 2.19. The van der Waals surface area contributed by atoms with Crippen LogP contribution in [0.2, 0.25) is 0 Å². The minimum absolute atomic E-state index is 0.0442. The Labute approximate surface area is 118 Å². The van der Waals surface area contributed by atoms with E-state index < -0.39 is 9.05 Å². The quantitative estimate of drug-likeness (QED) is 0.819. The zero-order valence-electron chi connectivity index (χ0n) is 11.3. The van der Waals surface area contributed by atoms with Crippen molar-refractivity contribution in [3.63, 3.8) is 0 Å². The third-order valence-electron chi connectivity index (χ3n) is 2.52. The van der Waals surface area contributed by atoms with Crippen LogP contribution in [0.3, 0.4) is 0 Å². The summed E-state index contributed by atoms with van der Waals surface area (Å²) >= 11 is 0. The van der Waals surface area contributed by atoms with E-state index in [9.17, 15) is 13.2 Å². The summed E-state index contributed by atoms with van der Waals surface area (Å²) in [6.07, 6.45) is 2.19. The van der Waals surface area contributed by atoms with Crippen molar-refractivity contribution < 1.29 is 13.2 Å². The Bertz CT molecular complexity index is 549. The van der Waals surface area contributed by atoms with Gasteiger partial charge in [-0.3, -0.25) is 4.79 Å². The molecule has 5 nitrogen and oxygen atoms in total. The Balaban J connectivity index is 3.04. The molecule has 0 unspecified atom stereocenters. The number of carbonyl (C=O) groups is 1. The number of nitrogens with zero attached hydrogens (tertiary/aromatic N) is 1. The average molecular weight is 307 g/mol. The van der Waals surface area contributed by atoms with E-state index >= 15 is 0 Å². The predicted octanol–water partition coefficient (Wildman–Crippen LogP) is 2.21. The molecule has 0 aliphatic carbocycles. The van der Waals surface area contributed by atoms with Gasteiger partial charge in [-0.1, -0.05) is 20.8 Å². The number of carbonyl (C=O) groups excluding carboxylic acids is 1. The van der Waals surface area contributed by atoms with Crippen molar-refractivity contribution in [3.05, 3.63) is 18.0 Å². The van der Waals surface area contributed by atoms with E-state index in [0.29, 0.717) is 24.7 Å². The van der Waals surface area contributed by atoms with Gasteiger partial charge in [0.1, 0.15) is 10.6 Å². The lowest BCUT2D eigenvalue weighted by molar-refractivity contribution is 0.0939. The van der Waals surface area contributed by atoms with Crippen molar-refractivity contribution in [3.8, 4) is 0 Å². The topological polar surface area (TPSA) is 68.2 Å². The van der Waals surface area contributed by atoms with E-state index in [0.717, 1.165) is 6.42 Å². The maximum Gasteiger partial charge on any atom is 0.267 e. The van der Waals surface area contributed by atoms with Gasteiger partial charge in [-0.2, -0.15) is 0 Å². The molecule has 1 rings (SSSR count). The summed E-state index contributed by atoms with van der Waals surface area (Å²) in [5.74, 6) is 0.0449. The maximum absolute atomic E-state index is 12.0. The average Bonchev–Trinajstić information content (AvgIpc) is 2.70. The smallest absolute Gasteiger partial charge is 0.267 e. The molecule has 0 aliphatic rings. The molecule has 0 fully saturated rings. The molecule has 0 saturated heterocycles. The largest absolute Gasteiger partial charge is 0.351 e. The molecule has 0 saturated carbocycles. The fourth-order valence-corrected chi connectivity index (χ4v) is 2.38. The van der Waals surface area contributed by atoms with Gasteiger partial charge < -0.3 is 9.88 Å². The van der Waals surface area contributed by atoms with Crippen LogP contribution in [0.1, 0.15) is 37.7 Å². The fraction of sp³-hybridized carbons (Fsp3) is 0.583. The molecule has 0 bridgehead atoms. The number of amides is 1. The summed E-state index contributed by atoms with van der Waals surface area (Å²) in [5, 5.41) is 2.76. The van der Waals surface area contributed by atoms with Gasteiger partial charge in [-0.25, -0.2) is 8.42 Å². The zero-order valence-corrected chi connectivity index (χ0v) is 12.9. The molecule has 7 heteroatoms. The second-order valence-electron chi connectivity index (χ2n) is 4.80. The Kier molecular flexibility index (Phi) is 5.43. The van der Waals surface area contributed by atoms with E-state index in [2.05, 4.69) is 5.32 Å². The summed E-state index contributed by atoms with van der Waals surface area (Å²) in [6, 6.07) is 1.31. The Morgan fingerprint density at radius 2 is 2.11 bits per heavy atom. The summed E-state index contributed by atoms with van der Waals surface area (Å²) < 4.78 is 24.2. The second-order valence-corrected chi connectivity index (χ2v) is 7.36. The van der Waals surface area contributed by atoms with Gasteiger partial charge in [0.15, 0.2) is 0 Å². The number of hydrogen-bond acceptors (Lipinski definition) is 3. The third kappa shape index (κ3) is 4.54. The van der Waals surface area contributed by atoms with E-state index in [1.807, 2.05) is 20.8 Å². The number of nitrogens with one attached hydrogen (secondary N) is 1. The van der Waals surface area contributed by atoms with Gasteiger partial charge >= 0.3 is 0 Å². The lowest BCUT2D eigenvalue weighted by atomic mass is 10.2. The minimum atomic E-state index is -3.82. The summed E-state index contributed by atoms with van der Waals surface area (Å²) in [4.78, 5) is 12.0. The molecule has 0 aromatic carbocycles. The van der Waals surface area contributed by atoms with Crippen molar-refractivity contribution in [2.75, 3.05) is 6.54 Å². The molecule has 1 amide bonds. The number of hydrogen-bond donors (Lipinski definition) is 1. The Morgan fingerprint density at radius 1 is 1.47 bits per heavy atom. The summed E-state index contributed by atoms with van der Waals surface area (Å²) in [5.41, 5.74) is 0.321. The highest BCUT2D eigenvalue weighted by atomic mass is 35.7. The fourth-order valence-electron chi connectivity index (χ4n) is 1.62. The van der Waals surface area contributed by atoms with Crippen molar-refractivity contribution in [2.45, 2.75) is 38.6 Å². The molecule has 0 radical (unpaired) electrons. The normalized spacial score (nSPS) is 11.8. The second kappa shape index (κ2) is 6.43. The number of aryl methyl sites for hydroxylation is 1. The van der Waals surface area contributed by atoms with Crippen molar-refractivity contribution in [1.29, 1.82) is 0 Å². The highest BCUT2D eigenvalue weighted by molar-refractivity contribution is 8.13. The highest BCUT2D eigenvalue weighted by Crippen LogP contribution is 2.19. The van der Waals surface area contributed by atoms with Crippen LogP contribution in [0.5, 0.6) is 0 Å². The third-order valence-corrected chi connectivity index (χ3v) is 3.84. The van der Waals surface area contributed by atoms with Crippen molar-refractivity contribution in [2.24, 2.45) is 5.92 Å². The number of halogens is 1. The van der Waals surface area contributed by atoms with E-state index in [4.69, 9.17) is 10.7 Å². The minimum Gasteiger partial charge on any atom is -0.351 e. The molecular formula is C12H19ClN2O3S. The molecule has 19 heavy (non-hydrogen) atoms. The van der Waals surface area contributed by atoms with Crippen molar-refractivity contribution >= 4 is 25.6 Å². The van der Waals surface area contributed by atoms with Gasteiger partial charge in [0.2, 0.25) is 0 Å². The van der Waals surface area contributed by atoms with E-state index in [1.54, 1.807) is 4.57 Å². The van der Waals surface area contributed by atoms with Crippen LogP contribution in [0.4, 0.5) is 0 Å². The first-order valence-electron chi connectivity index (χ1n) is 6.18. The maximum atomic E-state index is 12.0. The van der Waals surface area contributed by atoms with Gasteiger partial charge in [-0.05, 0) is 18.4 Å². The van der Waals surface area contributed by atoms with Crippen LogP contribution in [0.15, 0.2) is 17.2 Å². The lowest BCUT2D eigenvalue weighted by Gasteiger charge is -2.10. The SMILES string of the molecule is CCCn1cc(S(=O)(=O)Cl)cc1C(=O)NCC(C)C. The standard InChI is InChI=1S/C12H19ClN2O3S/c1-4-5-15-8-10(19(13,17)18)6-11(15)12(16)14-7-9(2)3/h6,8-9H,4-5,7H2,1-3H3,(H,14,16). The van der Waals surface area contributed by atoms with Crippen LogP contribution >= 0.6 is 10.7 Å². The number of rotatable bonds is 6. The van der Waals surface area contributed by atoms with Crippen LogP contribution in [0.25, 0.3) is 0 Å². The lowest BCUT2D eigenvalue weighted by Crippen LogP contribution is -2.29. The molecule has 1 heterocycles. The molecule has 1 aromatic rings.